The highest BCUT2D eigenvalue weighted by Crippen LogP contribution is 2.29. The molecule has 20 heavy (non-hydrogen) atoms. The standard InChI is InChI=1S/C14H20N4O2/c1-9-8-12(17-13(15-9)14(19)20-2)16-10-5-7-18-6-3-4-11(10)18/h8,10-11H,3-7H2,1-2H3,(H,15,16,17). The second-order valence-corrected chi connectivity index (χ2v) is 5.49. The summed E-state index contributed by atoms with van der Waals surface area (Å²) < 4.78 is 4.69. The van der Waals surface area contributed by atoms with Crippen molar-refractivity contribution in [3.63, 3.8) is 0 Å². The largest absolute Gasteiger partial charge is 0.463 e. The van der Waals surface area contributed by atoms with Gasteiger partial charge < -0.3 is 10.1 Å². The fourth-order valence-electron chi connectivity index (χ4n) is 3.27. The topological polar surface area (TPSA) is 67.3 Å². The second kappa shape index (κ2) is 5.36. The third-order valence-corrected chi connectivity index (χ3v) is 4.16. The number of ether oxygens (including phenoxy) is 1. The summed E-state index contributed by atoms with van der Waals surface area (Å²) in [6.07, 6.45) is 3.64. The van der Waals surface area contributed by atoms with Gasteiger partial charge in [0.05, 0.1) is 7.11 Å². The molecule has 108 valence electrons. The van der Waals surface area contributed by atoms with Crippen molar-refractivity contribution in [2.75, 3.05) is 25.5 Å². The predicted octanol–water partition coefficient (Wildman–Crippen LogP) is 1.22. The van der Waals surface area contributed by atoms with Gasteiger partial charge in [-0.25, -0.2) is 14.8 Å². The first kappa shape index (κ1) is 13.3. The average molecular weight is 276 g/mol. The Labute approximate surface area is 118 Å². The van der Waals surface area contributed by atoms with E-state index >= 15 is 0 Å². The summed E-state index contributed by atoms with van der Waals surface area (Å²) in [5.41, 5.74) is 0.768. The number of carbonyl (C=O) groups excluding carboxylic acids is 1. The molecular formula is C14H20N4O2. The Bertz CT molecular complexity index is 520. The molecule has 6 heteroatoms. The van der Waals surface area contributed by atoms with Crippen LogP contribution in [0.2, 0.25) is 0 Å². The zero-order valence-electron chi connectivity index (χ0n) is 11.9. The molecule has 0 bridgehead atoms. The lowest BCUT2D eigenvalue weighted by Crippen LogP contribution is -2.34. The van der Waals surface area contributed by atoms with Crippen molar-refractivity contribution in [1.82, 2.24) is 14.9 Å². The van der Waals surface area contributed by atoms with Gasteiger partial charge >= 0.3 is 5.97 Å². The van der Waals surface area contributed by atoms with Crippen molar-refractivity contribution in [2.24, 2.45) is 0 Å². The van der Waals surface area contributed by atoms with Crippen LogP contribution in [0.25, 0.3) is 0 Å². The summed E-state index contributed by atoms with van der Waals surface area (Å²) in [5, 5.41) is 3.47. The van der Waals surface area contributed by atoms with Gasteiger partial charge in [0.25, 0.3) is 0 Å². The molecule has 3 rings (SSSR count). The van der Waals surface area contributed by atoms with E-state index in [9.17, 15) is 4.79 Å². The van der Waals surface area contributed by atoms with E-state index in [0.29, 0.717) is 12.1 Å². The van der Waals surface area contributed by atoms with Crippen LogP contribution in [0, 0.1) is 6.92 Å². The van der Waals surface area contributed by atoms with Crippen LogP contribution < -0.4 is 5.32 Å². The molecule has 2 fully saturated rings. The Balaban J connectivity index is 1.77. The van der Waals surface area contributed by atoms with Crippen LogP contribution >= 0.6 is 0 Å². The molecular weight excluding hydrogens is 256 g/mol. The minimum absolute atomic E-state index is 0.122. The molecule has 3 heterocycles. The Hall–Kier alpha value is -1.69. The van der Waals surface area contributed by atoms with E-state index in [1.54, 1.807) is 0 Å². The Morgan fingerprint density at radius 1 is 1.40 bits per heavy atom. The summed E-state index contributed by atoms with van der Waals surface area (Å²) in [6, 6.07) is 2.90. The number of methoxy groups -OCH3 is 1. The molecule has 1 aromatic rings. The highest BCUT2D eigenvalue weighted by Gasteiger charge is 2.37. The SMILES string of the molecule is COC(=O)c1nc(C)cc(NC2CCN3CCCC23)n1. The second-order valence-electron chi connectivity index (χ2n) is 5.49. The number of anilines is 1. The van der Waals surface area contributed by atoms with E-state index in [-0.39, 0.29) is 5.82 Å². The van der Waals surface area contributed by atoms with E-state index in [4.69, 9.17) is 0 Å². The molecule has 0 saturated carbocycles. The predicted molar refractivity (Wildman–Crippen MR) is 74.7 cm³/mol. The number of hydrogen-bond donors (Lipinski definition) is 1. The van der Waals surface area contributed by atoms with Gasteiger partial charge in [-0.2, -0.15) is 0 Å². The summed E-state index contributed by atoms with van der Waals surface area (Å²) >= 11 is 0. The highest BCUT2D eigenvalue weighted by molar-refractivity contribution is 5.85. The number of hydrogen-bond acceptors (Lipinski definition) is 6. The van der Waals surface area contributed by atoms with Crippen LogP contribution in [0.5, 0.6) is 0 Å². The maximum atomic E-state index is 11.6. The van der Waals surface area contributed by atoms with Gasteiger partial charge in [0.15, 0.2) is 0 Å². The van der Waals surface area contributed by atoms with E-state index < -0.39 is 5.97 Å². The first-order valence-corrected chi connectivity index (χ1v) is 7.12. The van der Waals surface area contributed by atoms with Gasteiger partial charge in [-0.3, -0.25) is 4.90 Å². The quantitative estimate of drug-likeness (QED) is 0.837. The molecule has 2 aliphatic heterocycles. The summed E-state index contributed by atoms with van der Waals surface area (Å²) in [5.74, 6) is 0.346. The highest BCUT2D eigenvalue weighted by atomic mass is 16.5. The Morgan fingerprint density at radius 2 is 2.25 bits per heavy atom. The number of nitrogens with one attached hydrogen (secondary N) is 1. The lowest BCUT2D eigenvalue weighted by atomic mass is 10.1. The Morgan fingerprint density at radius 3 is 3.05 bits per heavy atom. The van der Waals surface area contributed by atoms with Crippen molar-refractivity contribution in [2.45, 2.75) is 38.3 Å². The molecule has 2 unspecified atom stereocenters. The molecule has 2 aliphatic rings. The fraction of sp³-hybridized carbons (Fsp3) is 0.643. The van der Waals surface area contributed by atoms with Crippen molar-refractivity contribution < 1.29 is 9.53 Å². The smallest absolute Gasteiger partial charge is 0.376 e. The van der Waals surface area contributed by atoms with Crippen molar-refractivity contribution in [3.8, 4) is 0 Å². The van der Waals surface area contributed by atoms with Crippen LogP contribution in [0.3, 0.4) is 0 Å². The molecule has 0 aromatic carbocycles. The lowest BCUT2D eigenvalue weighted by molar-refractivity contribution is 0.0586. The maximum absolute atomic E-state index is 11.6. The minimum Gasteiger partial charge on any atom is -0.463 e. The van der Waals surface area contributed by atoms with E-state index in [1.165, 1.54) is 26.5 Å². The molecule has 2 atom stereocenters. The van der Waals surface area contributed by atoms with Crippen molar-refractivity contribution in [3.05, 3.63) is 17.6 Å². The molecule has 0 aliphatic carbocycles. The van der Waals surface area contributed by atoms with Gasteiger partial charge in [0.1, 0.15) is 5.82 Å². The number of aromatic nitrogens is 2. The fourth-order valence-corrected chi connectivity index (χ4v) is 3.27. The summed E-state index contributed by atoms with van der Waals surface area (Å²) in [7, 11) is 1.34. The Kier molecular flexibility index (Phi) is 3.56. The van der Waals surface area contributed by atoms with Gasteiger partial charge in [0.2, 0.25) is 5.82 Å². The van der Waals surface area contributed by atoms with E-state index in [0.717, 1.165) is 24.5 Å². The number of carbonyl (C=O) groups is 1. The first-order valence-electron chi connectivity index (χ1n) is 7.12. The average Bonchev–Trinajstić information content (AvgIpc) is 3.02. The van der Waals surface area contributed by atoms with E-state index in [1.807, 2.05) is 13.0 Å². The van der Waals surface area contributed by atoms with E-state index in [2.05, 4.69) is 24.9 Å². The lowest BCUT2D eigenvalue weighted by Gasteiger charge is -2.21. The maximum Gasteiger partial charge on any atom is 0.376 e. The molecule has 2 saturated heterocycles. The van der Waals surface area contributed by atoms with Crippen molar-refractivity contribution >= 4 is 11.8 Å². The molecule has 0 spiro atoms. The molecule has 0 amide bonds. The van der Waals surface area contributed by atoms with Crippen LogP contribution in [0.4, 0.5) is 5.82 Å². The normalized spacial score (nSPS) is 25.5. The minimum atomic E-state index is -0.495. The molecule has 1 N–H and O–H groups in total. The van der Waals surface area contributed by atoms with Gasteiger partial charge in [-0.1, -0.05) is 0 Å². The number of esters is 1. The van der Waals surface area contributed by atoms with Crippen LogP contribution in [-0.2, 0) is 4.74 Å². The molecule has 1 aromatic heterocycles. The number of nitrogens with zero attached hydrogens (tertiary/aromatic N) is 3. The van der Waals surface area contributed by atoms with Crippen molar-refractivity contribution in [1.29, 1.82) is 0 Å². The third-order valence-electron chi connectivity index (χ3n) is 4.16. The van der Waals surface area contributed by atoms with Gasteiger partial charge in [-0.05, 0) is 32.7 Å². The summed E-state index contributed by atoms with van der Waals surface area (Å²) in [6.45, 7) is 4.21. The number of aryl methyl sites for hydroxylation is 1. The van der Waals surface area contributed by atoms with Gasteiger partial charge in [-0.15, -0.1) is 0 Å². The van der Waals surface area contributed by atoms with Gasteiger partial charge in [0, 0.05) is 30.4 Å². The molecule has 6 nitrogen and oxygen atoms in total. The van der Waals surface area contributed by atoms with Crippen LogP contribution in [0.1, 0.15) is 35.6 Å². The third kappa shape index (κ3) is 2.47. The van der Waals surface area contributed by atoms with Crippen LogP contribution in [-0.4, -0.2) is 53.1 Å². The number of fused-ring (bicyclic) bond motifs is 1. The monoisotopic (exact) mass is 276 g/mol. The first-order chi connectivity index (χ1) is 9.67. The zero-order valence-corrected chi connectivity index (χ0v) is 11.9. The van der Waals surface area contributed by atoms with Crippen LogP contribution in [0.15, 0.2) is 6.07 Å². The summed E-state index contributed by atoms with van der Waals surface area (Å²) in [4.78, 5) is 22.5. The number of rotatable bonds is 3. The zero-order chi connectivity index (χ0) is 14.1. The molecule has 0 radical (unpaired) electrons.